The fraction of sp³-hybridized carbons (Fsp3) is 0.500. The van der Waals surface area contributed by atoms with Crippen molar-refractivity contribution in [2.75, 3.05) is 5.33 Å². The predicted molar refractivity (Wildman–Crippen MR) is 62.6 cm³/mol. The smallest absolute Gasteiger partial charge is 0.00344 e. The molecule has 72 valence electrons. The zero-order chi connectivity index (χ0) is 9.52. The maximum absolute atomic E-state index is 3.46. The molecule has 0 atom stereocenters. The van der Waals surface area contributed by atoms with E-state index in [1.807, 2.05) is 0 Å². The van der Waals surface area contributed by atoms with Gasteiger partial charge in [-0.15, -0.1) is 0 Å². The second-order valence-corrected chi connectivity index (χ2v) is 4.16. The lowest BCUT2D eigenvalue weighted by Crippen LogP contribution is -1.89. The van der Waals surface area contributed by atoms with E-state index in [9.17, 15) is 0 Å². The predicted octanol–water partition coefficient (Wildman–Crippen LogP) is 3.97. The van der Waals surface area contributed by atoms with Gasteiger partial charge in [-0.05, 0) is 30.4 Å². The second kappa shape index (κ2) is 6.20. The molecule has 0 N–H and O–H groups in total. The van der Waals surface area contributed by atoms with E-state index < -0.39 is 0 Å². The van der Waals surface area contributed by atoms with Crippen LogP contribution in [0.4, 0.5) is 0 Å². The van der Waals surface area contributed by atoms with E-state index in [2.05, 4.69) is 47.1 Å². The van der Waals surface area contributed by atoms with Crippen LogP contribution >= 0.6 is 15.9 Å². The van der Waals surface area contributed by atoms with E-state index in [0.717, 1.165) is 5.33 Å². The van der Waals surface area contributed by atoms with Crippen molar-refractivity contribution in [3.8, 4) is 0 Å². The van der Waals surface area contributed by atoms with Crippen LogP contribution in [0.1, 0.15) is 30.9 Å². The quantitative estimate of drug-likeness (QED) is 0.684. The van der Waals surface area contributed by atoms with Gasteiger partial charge in [0.05, 0.1) is 0 Å². The van der Waals surface area contributed by atoms with E-state index in [1.165, 1.54) is 36.8 Å². The third-order valence-corrected chi connectivity index (χ3v) is 2.69. The third kappa shape index (κ3) is 3.95. The number of halogens is 1. The Bertz CT molecular complexity index is 243. The number of alkyl halides is 1. The topological polar surface area (TPSA) is 0 Å². The van der Waals surface area contributed by atoms with Crippen LogP contribution in [0.3, 0.4) is 0 Å². The summed E-state index contributed by atoms with van der Waals surface area (Å²) in [6.45, 7) is 2.23. The Kier molecular flexibility index (Phi) is 5.14. The largest absolute Gasteiger partial charge is 0.0928 e. The molecular formula is C12H17Br. The van der Waals surface area contributed by atoms with Crippen LogP contribution in [-0.2, 0) is 12.8 Å². The van der Waals surface area contributed by atoms with Crippen molar-refractivity contribution in [1.29, 1.82) is 0 Å². The van der Waals surface area contributed by atoms with Crippen LogP contribution in [0.15, 0.2) is 24.3 Å². The zero-order valence-corrected chi connectivity index (χ0v) is 9.81. The highest BCUT2D eigenvalue weighted by Gasteiger charge is 1.94. The molecule has 0 fully saturated rings. The molecule has 0 saturated heterocycles. The molecule has 0 aliphatic rings. The summed E-state index contributed by atoms with van der Waals surface area (Å²) in [6, 6.07) is 8.96. The highest BCUT2D eigenvalue weighted by atomic mass is 79.9. The molecule has 0 aliphatic heterocycles. The Balaban J connectivity index is 2.56. The summed E-state index contributed by atoms with van der Waals surface area (Å²) in [6.07, 6.45) is 4.88. The number of hydrogen-bond acceptors (Lipinski definition) is 0. The molecule has 1 aromatic rings. The first kappa shape index (κ1) is 10.8. The molecule has 0 saturated carbocycles. The minimum absolute atomic E-state index is 1.10. The molecule has 0 nitrogen and oxygen atoms in total. The van der Waals surface area contributed by atoms with Crippen LogP contribution in [0.5, 0.6) is 0 Å². The van der Waals surface area contributed by atoms with Gasteiger partial charge in [0.2, 0.25) is 0 Å². The second-order valence-electron chi connectivity index (χ2n) is 3.36. The highest BCUT2D eigenvalue weighted by Crippen LogP contribution is 2.09. The molecule has 0 spiro atoms. The van der Waals surface area contributed by atoms with Crippen LogP contribution in [-0.4, -0.2) is 5.33 Å². The lowest BCUT2D eigenvalue weighted by molar-refractivity contribution is 0.902. The van der Waals surface area contributed by atoms with E-state index in [0.29, 0.717) is 0 Å². The Morgan fingerprint density at radius 3 is 2.46 bits per heavy atom. The molecule has 0 aliphatic carbocycles. The van der Waals surface area contributed by atoms with E-state index in [1.54, 1.807) is 0 Å². The number of benzene rings is 1. The molecule has 1 rings (SSSR count). The minimum atomic E-state index is 1.10. The molecule has 0 aromatic heterocycles. The molecule has 13 heavy (non-hydrogen) atoms. The lowest BCUT2D eigenvalue weighted by atomic mass is 10.0. The van der Waals surface area contributed by atoms with Crippen molar-refractivity contribution in [1.82, 2.24) is 0 Å². The maximum Gasteiger partial charge on any atom is 0.00344 e. The first-order valence-electron chi connectivity index (χ1n) is 5.00. The minimum Gasteiger partial charge on any atom is -0.0928 e. The highest BCUT2D eigenvalue weighted by molar-refractivity contribution is 9.09. The summed E-state index contributed by atoms with van der Waals surface area (Å²) in [5, 5.41) is 1.10. The van der Waals surface area contributed by atoms with Gasteiger partial charge in [-0.3, -0.25) is 0 Å². The molecule has 1 heteroatoms. The maximum atomic E-state index is 3.46. The lowest BCUT2D eigenvalue weighted by Gasteiger charge is -2.02. The van der Waals surface area contributed by atoms with Crippen LogP contribution in [0.25, 0.3) is 0 Å². The van der Waals surface area contributed by atoms with Crippen molar-refractivity contribution in [3.05, 3.63) is 35.4 Å². The summed E-state index contributed by atoms with van der Waals surface area (Å²) in [4.78, 5) is 0. The number of rotatable bonds is 5. The fourth-order valence-corrected chi connectivity index (χ4v) is 1.78. The summed E-state index contributed by atoms with van der Waals surface area (Å²) in [7, 11) is 0. The molecule has 0 bridgehead atoms. The van der Waals surface area contributed by atoms with Gasteiger partial charge < -0.3 is 0 Å². The summed E-state index contributed by atoms with van der Waals surface area (Å²) < 4.78 is 0. The van der Waals surface area contributed by atoms with Crippen molar-refractivity contribution >= 4 is 15.9 Å². The third-order valence-electron chi connectivity index (χ3n) is 2.13. The zero-order valence-electron chi connectivity index (χ0n) is 8.22. The number of aryl methyl sites for hydroxylation is 2. The van der Waals surface area contributed by atoms with Gasteiger partial charge in [0.25, 0.3) is 0 Å². The summed E-state index contributed by atoms with van der Waals surface area (Å²) in [5.74, 6) is 0. The molecule has 0 amide bonds. The van der Waals surface area contributed by atoms with Gasteiger partial charge in [-0.25, -0.2) is 0 Å². The SMILES string of the molecule is CCCc1cccc(CCCBr)c1. The fourth-order valence-electron chi connectivity index (χ4n) is 1.50. The molecule has 1 aromatic carbocycles. The van der Waals surface area contributed by atoms with Gasteiger partial charge in [0, 0.05) is 5.33 Å². The molecular weight excluding hydrogens is 224 g/mol. The molecule has 0 heterocycles. The van der Waals surface area contributed by atoms with Gasteiger partial charge in [0.1, 0.15) is 0 Å². The Labute approximate surface area is 89.5 Å². The van der Waals surface area contributed by atoms with Gasteiger partial charge in [0.15, 0.2) is 0 Å². The number of hydrogen-bond donors (Lipinski definition) is 0. The Hall–Kier alpha value is -0.300. The first-order chi connectivity index (χ1) is 6.36. The van der Waals surface area contributed by atoms with E-state index in [-0.39, 0.29) is 0 Å². The van der Waals surface area contributed by atoms with Gasteiger partial charge in [-0.1, -0.05) is 53.5 Å². The van der Waals surface area contributed by atoms with E-state index >= 15 is 0 Å². The van der Waals surface area contributed by atoms with Gasteiger partial charge in [-0.2, -0.15) is 0 Å². The molecule has 0 radical (unpaired) electrons. The van der Waals surface area contributed by atoms with Crippen LogP contribution in [0, 0.1) is 0 Å². The average molecular weight is 241 g/mol. The summed E-state index contributed by atoms with van der Waals surface area (Å²) >= 11 is 3.46. The standard InChI is InChI=1S/C12H17Br/c1-2-5-11-6-3-7-12(10-11)8-4-9-13/h3,6-7,10H,2,4-5,8-9H2,1H3. The van der Waals surface area contributed by atoms with E-state index in [4.69, 9.17) is 0 Å². The molecule has 0 unspecified atom stereocenters. The van der Waals surface area contributed by atoms with Crippen molar-refractivity contribution < 1.29 is 0 Å². The van der Waals surface area contributed by atoms with Crippen LogP contribution in [0.2, 0.25) is 0 Å². The summed E-state index contributed by atoms with van der Waals surface area (Å²) in [5.41, 5.74) is 2.96. The van der Waals surface area contributed by atoms with Crippen molar-refractivity contribution in [2.24, 2.45) is 0 Å². The average Bonchev–Trinajstić information content (AvgIpc) is 2.16. The Morgan fingerprint density at radius 1 is 1.15 bits per heavy atom. The van der Waals surface area contributed by atoms with Crippen molar-refractivity contribution in [3.63, 3.8) is 0 Å². The normalized spacial score (nSPS) is 10.3. The van der Waals surface area contributed by atoms with Crippen molar-refractivity contribution in [2.45, 2.75) is 32.6 Å². The van der Waals surface area contributed by atoms with Gasteiger partial charge >= 0.3 is 0 Å². The Morgan fingerprint density at radius 2 is 1.85 bits per heavy atom. The first-order valence-corrected chi connectivity index (χ1v) is 6.12. The van der Waals surface area contributed by atoms with Crippen LogP contribution < -0.4 is 0 Å². The monoisotopic (exact) mass is 240 g/mol.